The van der Waals surface area contributed by atoms with Gasteiger partial charge in [-0.2, -0.15) is 0 Å². The Morgan fingerprint density at radius 3 is 3.00 bits per heavy atom. The molecule has 19 heavy (non-hydrogen) atoms. The van der Waals surface area contributed by atoms with Crippen LogP contribution in [-0.4, -0.2) is 28.8 Å². The van der Waals surface area contributed by atoms with Gasteiger partial charge in [-0.1, -0.05) is 19.8 Å². The van der Waals surface area contributed by atoms with E-state index >= 15 is 0 Å². The van der Waals surface area contributed by atoms with E-state index in [4.69, 9.17) is 4.74 Å². The van der Waals surface area contributed by atoms with Crippen LogP contribution in [0.25, 0.3) is 0 Å². The summed E-state index contributed by atoms with van der Waals surface area (Å²) >= 11 is 0. The van der Waals surface area contributed by atoms with Crippen molar-refractivity contribution in [2.75, 3.05) is 18.5 Å². The van der Waals surface area contributed by atoms with Gasteiger partial charge in [0.1, 0.15) is 0 Å². The monoisotopic (exact) mass is 265 g/mol. The molecule has 0 amide bonds. The van der Waals surface area contributed by atoms with E-state index in [2.05, 4.69) is 28.0 Å². The molecule has 1 heterocycles. The van der Waals surface area contributed by atoms with Crippen LogP contribution in [0.4, 0.5) is 5.95 Å². The molecule has 2 rings (SSSR count). The summed E-state index contributed by atoms with van der Waals surface area (Å²) in [5.74, 6) is 1.97. The second-order valence-corrected chi connectivity index (χ2v) is 5.42. The number of rotatable bonds is 10. The van der Waals surface area contributed by atoms with Crippen molar-refractivity contribution in [1.82, 2.24) is 9.55 Å². The molecule has 1 atom stereocenters. The lowest BCUT2D eigenvalue weighted by atomic mass is 10.1. The summed E-state index contributed by atoms with van der Waals surface area (Å²) in [5, 5.41) is 3.60. The molecule has 0 radical (unpaired) electrons. The third kappa shape index (κ3) is 4.86. The summed E-state index contributed by atoms with van der Waals surface area (Å²) < 4.78 is 7.58. The van der Waals surface area contributed by atoms with Gasteiger partial charge in [0, 0.05) is 38.2 Å². The molecule has 0 aliphatic heterocycles. The number of aryl methyl sites for hydroxylation is 1. The zero-order valence-corrected chi connectivity index (χ0v) is 12.3. The second-order valence-electron chi connectivity index (χ2n) is 5.42. The summed E-state index contributed by atoms with van der Waals surface area (Å²) in [6.07, 6.45) is 10.3. The SMILES string of the molecule is CCOCCCn1ccnc1NC(CC)CC1CC1. The minimum Gasteiger partial charge on any atom is -0.382 e. The zero-order valence-electron chi connectivity index (χ0n) is 12.3. The highest BCUT2D eigenvalue weighted by molar-refractivity contribution is 5.27. The number of hydrogen-bond donors (Lipinski definition) is 1. The number of anilines is 1. The quantitative estimate of drug-likeness (QED) is 0.660. The Morgan fingerprint density at radius 2 is 2.32 bits per heavy atom. The fourth-order valence-electron chi connectivity index (χ4n) is 2.38. The zero-order chi connectivity index (χ0) is 13.5. The van der Waals surface area contributed by atoms with Crippen molar-refractivity contribution in [2.45, 2.75) is 58.5 Å². The maximum Gasteiger partial charge on any atom is 0.202 e. The van der Waals surface area contributed by atoms with E-state index in [1.165, 1.54) is 25.7 Å². The molecule has 0 aromatic carbocycles. The summed E-state index contributed by atoms with van der Waals surface area (Å²) in [7, 11) is 0. The summed E-state index contributed by atoms with van der Waals surface area (Å²) in [5.41, 5.74) is 0. The fraction of sp³-hybridized carbons (Fsp3) is 0.800. The molecule has 0 spiro atoms. The molecule has 0 saturated heterocycles. The lowest BCUT2D eigenvalue weighted by Gasteiger charge is -2.18. The van der Waals surface area contributed by atoms with Crippen molar-refractivity contribution in [3.05, 3.63) is 12.4 Å². The van der Waals surface area contributed by atoms with Gasteiger partial charge in [0.25, 0.3) is 0 Å². The fourth-order valence-corrected chi connectivity index (χ4v) is 2.38. The first-order valence-corrected chi connectivity index (χ1v) is 7.68. The molecule has 0 bridgehead atoms. The predicted molar refractivity (Wildman–Crippen MR) is 78.4 cm³/mol. The molecular formula is C15H27N3O. The Hall–Kier alpha value is -1.03. The van der Waals surface area contributed by atoms with E-state index in [9.17, 15) is 0 Å². The molecule has 1 aliphatic carbocycles. The van der Waals surface area contributed by atoms with Gasteiger partial charge in [-0.25, -0.2) is 4.98 Å². The molecule has 1 saturated carbocycles. The van der Waals surface area contributed by atoms with E-state index in [0.29, 0.717) is 6.04 Å². The average molecular weight is 265 g/mol. The molecule has 1 N–H and O–H groups in total. The smallest absolute Gasteiger partial charge is 0.202 e. The predicted octanol–water partition coefficient (Wildman–Crippen LogP) is 3.30. The number of ether oxygens (including phenoxy) is 1. The van der Waals surface area contributed by atoms with Crippen molar-refractivity contribution in [2.24, 2.45) is 5.92 Å². The molecule has 4 nitrogen and oxygen atoms in total. The van der Waals surface area contributed by atoms with Crippen molar-refractivity contribution in [3.63, 3.8) is 0 Å². The van der Waals surface area contributed by atoms with Crippen molar-refractivity contribution >= 4 is 5.95 Å². The van der Waals surface area contributed by atoms with Gasteiger partial charge in [0.15, 0.2) is 0 Å². The number of nitrogens with zero attached hydrogens (tertiary/aromatic N) is 2. The highest BCUT2D eigenvalue weighted by atomic mass is 16.5. The number of imidazole rings is 1. The first kappa shape index (κ1) is 14.4. The minimum absolute atomic E-state index is 0.570. The van der Waals surface area contributed by atoms with Crippen LogP contribution < -0.4 is 5.32 Å². The van der Waals surface area contributed by atoms with Gasteiger partial charge in [-0.3, -0.25) is 0 Å². The van der Waals surface area contributed by atoms with Crippen LogP contribution in [0.5, 0.6) is 0 Å². The normalized spacial score (nSPS) is 16.5. The Bertz CT molecular complexity index is 360. The van der Waals surface area contributed by atoms with Gasteiger partial charge >= 0.3 is 0 Å². The Balaban J connectivity index is 1.79. The molecule has 108 valence electrons. The van der Waals surface area contributed by atoms with E-state index in [-0.39, 0.29) is 0 Å². The summed E-state index contributed by atoms with van der Waals surface area (Å²) in [4.78, 5) is 4.44. The van der Waals surface area contributed by atoms with Gasteiger partial charge in [-0.15, -0.1) is 0 Å². The van der Waals surface area contributed by atoms with Crippen LogP contribution in [0.3, 0.4) is 0 Å². The molecule has 1 unspecified atom stereocenters. The highest BCUT2D eigenvalue weighted by Crippen LogP contribution is 2.34. The lowest BCUT2D eigenvalue weighted by Crippen LogP contribution is -2.22. The largest absolute Gasteiger partial charge is 0.382 e. The third-order valence-corrected chi connectivity index (χ3v) is 3.75. The molecule has 1 aromatic rings. The van der Waals surface area contributed by atoms with Gasteiger partial charge in [0.05, 0.1) is 0 Å². The van der Waals surface area contributed by atoms with Crippen LogP contribution in [-0.2, 0) is 11.3 Å². The van der Waals surface area contributed by atoms with Crippen LogP contribution in [0.2, 0.25) is 0 Å². The second kappa shape index (κ2) is 7.53. The molecule has 4 heteroatoms. The van der Waals surface area contributed by atoms with Crippen LogP contribution in [0, 0.1) is 5.92 Å². The highest BCUT2D eigenvalue weighted by Gasteiger charge is 2.25. The Labute approximate surface area is 116 Å². The Kier molecular flexibility index (Phi) is 5.70. The van der Waals surface area contributed by atoms with Gasteiger partial charge in [-0.05, 0) is 32.1 Å². The molecular weight excluding hydrogens is 238 g/mol. The molecule has 1 aromatic heterocycles. The maximum atomic E-state index is 5.38. The van der Waals surface area contributed by atoms with Gasteiger partial charge < -0.3 is 14.6 Å². The third-order valence-electron chi connectivity index (χ3n) is 3.75. The Morgan fingerprint density at radius 1 is 1.47 bits per heavy atom. The van der Waals surface area contributed by atoms with Crippen molar-refractivity contribution in [3.8, 4) is 0 Å². The number of nitrogens with one attached hydrogen (secondary N) is 1. The van der Waals surface area contributed by atoms with Crippen LogP contribution in [0.15, 0.2) is 12.4 Å². The number of aromatic nitrogens is 2. The van der Waals surface area contributed by atoms with E-state index < -0.39 is 0 Å². The van der Waals surface area contributed by atoms with Crippen molar-refractivity contribution < 1.29 is 4.74 Å². The van der Waals surface area contributed by atoms with E-state index in [1.54, 1.807) is 0 Å². The summed E-state index contributed by atoms with van der Waals surface area (Å²) in [6, 6.07) is 0.570. The van der Waals surface area contributed by atoms with Crippen LogP contribution >= 0.6 is 0 Å². The van der Waals surface area contributed by atoms with Crippen molar-refractivity contribution in [1.29, 1.82) is 0 Å². The van der Waals surface area contributed by atoms with E-state index in [0.717, 1.165) is 38.0 Å². The molecule has 1 aliphatic rings. The molecule has 1 fully saturated rings. The lowest BCUT2D eigenvalue weighted by molar-refractivity contribution is 0.142. The van der Waals surface area contributed by atoms with E-state index in [1.807, 2.05) is 13.1 Å². The minimum atomic E-state index is 0.570. The topological polar surface area (TPSA) is 39.1 Å². The number of hydrogen-bond acceptors (Lipinski definition) is 3. The summed E-state index contributed by atoms with van der Waals surface area (Å²) in [6.45, 7) is 6.89. The average Bonchev–Trinajstić information content (AvgIpc) is 3.13. The maximum absolute atomic E-state index is 5.38. The first-order valence-electron chi connectivity index (χ1n) is 7.68. The van der Waals surface area contributed by atoms with Gasteiger partial charge in [0.2, 0.25) is 5.95 Å². The first-order chi connectivity index (χ1) is 9.33. The van der Waals surface area contributed by atoms with Crippen LogP contribution in [0.1, 0.15) is 46.0 Å². The standard InChI is InChI=1S/C15H27N3O/c1-3-14(12-13-6-7-13)17-15-16-8-10-18(15)9-5-11-19-4-2/h8,10,13-14H,3-7,9,11-12H2,1-2H3,(H,16,17).